The first-order chi connectivity index (χ1) is 11.2. The van der Waals surface area contributed by atoms with Gasteiger partial charge in [0.1, 0.15) is 12.4 Å². The average molecular weight is 333 g/mol. The molecule has 2 aromatic rings. The van der Waals surface area contributed by atoms with Crippen molar-refractivity contribution in [3.8, 4) is 5.75 Å². The molecule has 0 atom stereocenters. The molecule has 0 radical (unpaired) electrons. The van der Waals surface area contributed by atoms with E-state index in [1.807, 2.05) is 30.3 Å². The lowest BCUT2D eigenvalue weighted by Gasteiger charge is -2.07. The van der Waals surface area contributed by atoms with Crippen molar-refractivity contribution in [2.45, 2.75) is 0 Å². The van der Waals surface area contributed by atoms with Crippen LogP contribution >= 0.6 is 11.6 Å². The molecule has 0 aliphatic carbocycles. The fraction of sp³-hybridized carbons (Fsp3) is 0.176. The van der Waals surface area contributed by atoms with E-state index in [-0.39, 0.29) is 12.5 Å². The Hall–Kier alpha value is -2.53. The lowest BCUT2D eigenvalue weighted by atomic mass is 10.2. The Morgan fingerprint density at radius 1 is 1.13 bits per heavy atom. The molecule has 1 N–H and O–H groups in total. The van der Waals surface area contributed by atoms with Crippen LogP contribution in [0.1, 0.15) is 5.56 Å². The highest BCUT2D eigenvalue weighted by atomic mass is 35.5. The normalized spacial score (nSPS) is 10.5. The maximum atomic E-state index is 11.5. The van der Waals surface area contributed by atoms with Crippen LogP contribution in [-0.2, 0) is 9.63 Å². The van der Waals surface area contributed by atoms with Gasteiger partial charge in [0.15, 0.2) is 6.61 Å². The zero-order valence-electron chi connectivity index (χ0n) is 12.4. The summed E-state index contributed by atoms with van der Waals surface area (Å²) in [6, 6.07) is 16.5. The summed E-state index contributed by atoms with van der Waals surface area (Å²) in [4.78, 5) is 16.5. The molecule has 0 aliphatic heterocycles. The van der Waals surface area contributed by atoms with Crippen molar-refractivity contribution in [3.05, 3.63) is 65.2 Å². The third kappa shape index (κ3) is 6.84. The minimum absolute atomic E-state index is 0.143. The zero-order valence-corrected chi connectivity index (χ0v) is 13.2. The van der Waals surface area contributed by atoms with Gasteiger partial charge in [-0.25, -0.2) is 0 Å². The van der Waals surface area contributed by atoms with Crippen LogP contribution < -0.4 is 10.1 Å². The van der Waals surface area contributed by atoms with Gasteiger partial charge in [-0.15, -0.1) is 0 Å². The number of amides is 1. The molecule has 6 heteroatoms. The Labute approximate surface area is 139 Å². The van der Waals surface area contributed by atoms with Crippen LogP contribution in [0.15, 0.2) is 59.8 Å². The highest BCUT2D eigenvalue weighted by Gasteiger charge is 2.00. The van der Waals surface area contributed by atoms with Gasteiger partial charge in [-0.05, 0) is 29.8 Å². The van der Waals surface area contributed by atoms with E-state index in [1.165, 1.54) is 6.21 Å². The number of oxime groups is 1. The number of benzene rings is 2. The number of hydrogen-bond acceptors (Lipinski definition) is 4. The van der Waals surface area contributed by atoms with Gasteiger partial charge in [-0.2, -0.15) is 0 Å². The largest absolute Gasteiger partial charge is 0.492 e. The van der Waals surface area contributed by atoms with Crippen LogP contribution in [0.4, 0.5) is 0 Å². The summed E-state index contributed by atoms with van der Waals surface area (Å²) in [6.07, 6.45) is 1.52. The number of ether oxygens (including phenoxy) is 1. The fourth-order valence-electron chi connectivity index (χ4n) is 1.67. The van der Waals surface area contributed by atoms with Gasteiger partial charge < -0.3 is 14.9 Å². The third-order valence-electron chi connectivity index (χ3n) is 2.78. The molecular formula is C17H17ClN2O3. The monoisotopic (exact) mass is 332 g/mol. The Morgan fingerprint density at radius 3 is 2.61 bits per heavy atom. The molecule has 0 spiro atoms. The van der Waals surface area contributed by atoms with Crippen molar-refractivity contribution >= 4 is 23.7 Å². The third-order valence-corrected chi connectivity index (χ3v) is 3.03. The first kappa shape index (κ1) is 16.8. The van der Waals surface area contributed by atoms with E-state index in [1.54, 1.807) is 24.3 Å². The molecule has 1 amide bonds. The van der Waals surface area contributed by atoms with Crippen LogP contribution in [0.5, 0.6) is 5.75 Å². The predicted molar refractivity (Wildman–Crippen MR) is 89.9 cm³/mol. The van der Waals surface area contributed by atoms with Gasteiger partial charge in [0.05, 0.1) is 12.8 Å². The molecule has 0 aromatic heterocycles. The van der Waals surface area contributed by atoms with Crippen molar-refractivity contribution in [1.82, 2.24) is 5.32 Å². The van der Waals surface area contributed by atoms with Gasteiger partial charge in [0.2, 0.25) is 0 Å². The number of nitrogens with zero attached hydrogens (tertiary/aromatic N) is 1. The molecule has 5 nitrogen and oxygen atoms in total. The summed E-state index contributed by atoms with van der Waals surface area (Å²) in [5, 5.41) is 7.06. The fourth-order valence-corrected chi connectivity index (χ4v) is 1.80. The number of nitrogens with one attached hydrogen (secondary N) is 1. The summed E-state index contributed by atoms with van der Waals surface area (Å²) >= 11 is 5.78. The molecule has 0 bridgehead atoms. The number of rotatable bonds is 8. The molecule has 0 unspecified atom stereocenters. The van der Waals surface area contributed by atoms with Crippen LogP contribution in [0.2, 0.25) is 5.02 Å². The number of hydrogen-bond donors (Lipinski definition) is 1. The molecule has 0 saturated heterocycles. The van der Waals surface area contributed by atoms with Crippen molar-refractivity contribution in [2.75, 3.05) is 19.8 Å². The predicted octanol–water partition coefficient (Wildman–Crippen LogP) is 2.89. The number of halogens is 1. The first-order valence-electron chi connectivity index (χ1n) is 7.09. The molecule has 2 aromatic carbocycles. The molecule has 0 fully saturated rings. The Kier molecular flexibility index (Phi) is 6.94. The van der Waals surface area contributed by atoms with Crippen molar-refractivity contribution in [2.24, 2.45) is 5.16 Å². The first-order valence-corrected chi connectivity index (χ1v) is 7.47. The Balaban J connectivity index is 1.57. The quantitative estimate of drug-likeness (QED) is 0.459. The average Bonchev–Trinajstić information content (AvgIpc) is 2.58. The van der Waals surface area contributed by atoms with Crippen molar-refractivity contribution in [1.29, 1.82) is 0 Å². The summed E-state index contributed by atoms with van der Waals surface area (Å²) in [5.74, 6) is 0.514. The summed E-state index contributed by atoms with van der Waals surface area (Å²) < 4.78 is 5.45. The van der Waals surface area contributed by atoms with Crippen LogP contribution in [0.3, 0.4) is 0 Å². The second kappa shape index (κ2) is 9.48. The smallest absolute Gasteiger partial charge is 0.260 e. The molecule has 0 saturated carbocycles. The number of carbonyl (C=O) groups is 1. The molecule has 120 valence electrons. The number of para-hydroxylation sites is 1. The lowest BCUT2D eigenvalue weighted by Crippen LogP contribution is -2.30. The van der Waals surface area contributed by atoms with Crippen molar-refractivity contribution in [3.63, 3.8) is 0 Å². The van der Waals surface area contributed by atoms with Gasteiger partial charge in [0.25, 0.3) is 5.91 Å². The lowest BCUT2D eigenvalue weighted by molar-refractivity contribution is -0.125. The van der Waals surface area contributed by atoms with Gasteiger partial charge >= 0.3 is 0 Å². The van der Waals surface area contributed by atoms with E-state index < -0.39 is 0 Å². The van der Waals surface area contributed by atoms with E-state index in [0.29, 0.717) is 18.2 Å². The highest BCUT2D eigenvalue weighted by molar-refractivity contribution is 6.30. The van der Waals surface area contributed by atoms with Crippen LogP contribution in [-0.4, -0.2) is 31.9 Å². The van der Waals surface area contributed by atoms with Gasteiger partial charge in [0, 0.05) is 5.02 Å². The van der Waals surface area contributed by atoms with E-state index in [4.69, 9.17) is 21.2 Å². The minimum atomic E-state index is -0.255. The molecule has 0 heterocycles. The molecule has 23 heavy (non-hydrogen) atoms. The molecule has 0 aliphatic rings. The zero-order chi connectivity index (χ0) is 16.3. The van der Waals surface area contributed by atoms with E-state index in [0.717, 1.165) is 11.3 Å². The standard InChI is InChI=1S/C17H17ClN2O3/c18-15-8-6-14(7-9-15)12-20-23-13-17(21)19-10-11-22-16-4-2-1-3-5-16/h1-9,12H,10-11,13H2,(H,19,21)/b20-12+. The van der Waals surface area contributed by atoms with Crippen molar-refractivity contribution < 1.29 is 14.4 Å². The second-order valence-electron chi connectivity index (χ2n) is 4.57. The summed E-state index contributed by atoms with van der Waals surface area (Å²) in [7, 11) is 0. The second-order valence-corrected chi connectivity index (χ2v) is 5.01. The van der Waals surface area contributed by atoms with Gasteiger partial charge in [-0.3, -0.25) is 4.79 Å². The highest BCUT2D eigenvalue weighted by Crippen LogP contribution is 2.08. The van der Waals surface area contributed by atoms with E-state index in [2.05, 4.69) is 10.5 Å². The topological polar surface area (TPSA) is 59.9 Å². The molecular weight excluding hydrogens is 316 g/mol. The van der Waals surface area contributed by atoms with Crippen LogP contribution in [0.25, 0.3) is 0 Å². The van der Waals surface area contributed by atoms with Crippen LogP contribution in [0, 0.1) is 0 Å². The van der Waals surface area contributed by atoms with E-state index in [9.17, 15) is 4.79 Å². The minimum Gasteiger partial charge on any atom is -0.492 e. The maximum Gasteiger partial charge on any atom is 0.260 e. The number of carbonyl (C=O) groups excluding carboxylic acids is 1. The SMILES string of the molecule is O=C(CO/N=C/c1ccc(Cl)cc1)NCCOc1ccccc1. The Bertz CT molecular complexity index is 630. The van der Waals surface area contributed by atoms with E-state index >= 15 is 0 Å². The maximum absolute atomic E-state index is 11.5. The Morgan fingerprint density at radius 2 is 1.87 bits per heavy atom. The summed E-state index contributed by atoms with van der Waals surface area (Å²) in [5.41, 5.74) is 0.839. The van der Waals surface area contributed by atoms with Gasteiger partial charge in [-0.1, -0.05) is 47.1 Å². The summed E-state index contributed by atoms with van der Waals surface area (Å²) in [6.45, 7) is 0.650. The molecule has 2 rings (SSSR count).